The number of piperazine rings is 1. The molecule has 1 aromatic carbocycles. The fourth-order valence-electron chi connectivity index (χ4n) is 4.73. The molecule has 0 atom stereocenters. The molecule has 2 fully saturated rings. The quantitative estimate of drug-likeness (QED) is 0.720. The van der Waals surface area contributed by atoms with Gasteiger partial charge in [0.2, 0.25) is 11.5 Å². The van der Waals surface area contributed by atoms with E-state index in [1.807, 2.05) is 4.90 Å². The van der Waals surface area contributed by atoms with Crippen molar-refractivity contribution in [1.29, 1.82) is 0 Å². The smallest absolute Gasteiger partial charge is 0.246 e. The van der Waals surface area contributed by atoms with Gasteiger partial charge in [-0.3, -0.25) is 9.69 Å². The molecule has 2 aliphatic rings. The number of nitrogens with one attached hydrogen (secondary N) is 1. The molecule has 0 bridgehead atoms. The van der Waals surface area contributed by atoms with E-state index in [-0.39, 0.29) is 24.1 Å². The number of nitrogens with zero attached hydrogens (tertiary/aromatic N) is 3. The highest BCUT2D eigenvalue weighted by molar-refractivity contribution is 5.89. The lowest BCUT2D eigenvalue weighted by atomic mass is 9.84. The molecule has 2 heterocycles. The highest BCUT2D eigenvalue weighted by Gasteiger charge is 2.26. The Balaban J connectivity index is 1.21. The van der Waals surface area contributed by atoms with Crippen LogP contribution in [0, 0.1) is 17.6 Å². The highest BCUT2D eigenvalue weighted by Crippen LogP contribution is 2.30. The standard InChI is InChI=1S/C22H30F2N4O3/c1-30-14-20(29)25-17-4-2-15(3-5-17)6-7-27-8-10-28(11-9-27)22-18-12-16(23)13-19(24)21(18)31-26-22/h12-13,15,17H,2-11,14H2,1H3,(H,25,29). The lowest BCUT2D eigenvalue weighted by Gasteiger charge is -2.36. The van der Waals surface area contributed by atoms with E-state index in [4.69, 9.17) is 9.26 Å². The Morgan fingerprint density at radius 2 is 1.94 bits per heavy atom. The molecule has 1 N–H and O–H groups in total. The first-order valence-electron chi connectivity index (χ1n) is 11.0. The molecule has 31 heavy (non-hydrogen) atoms. The summed E-state index contributed by atoms with van der Waals surface area (Å²) >= 11 is 0. The van der Waals surface area contributed by atoms with Crippen LogP contribution in [0.3, 0.4) is 0 Å². The van der Waals surface area contributed by atoms with Gasteiger partial charge >= 0.3 is 0 Å². The first-order chi connectivity index (χ1) is 15.0. The minimum absolute atomic E-state index is 0.00726. The summed E-state index contributed by atoms with van der Waals surface area (Å²) in [7, 11) is 1.53. The van der Waals surface area contributed by atoms with Crippen molar-refractivity contribution in [3.05, 3.63) is 23.8 Å². The highest BCUT2D eigenvalue weighted by atomic mass is 19.1. The second-order valence-electron chi connectivity index (χ2n) is 8.61. The fraction of sp³-hybridized carbons (Fsp3) is 0.636. The van der Waals surface area contributed by atoms with Gasteiger partial charge in [-0.15, -0.1) is 0 Å². The van der Waals surface area contributed by atoms with Crippen LogP contribution < -0.4 is 10.2 Å². The van der Waals surface area contributed by atoms with Crippen molar-refractivity contribution in [3.63, 3.8) is 0 Å². The molecule has 0 spiro atoms. The van der Waals surface area contributed by atoms with Crippen molar-refractivity contribution in [2.75, 3.05) is 51.3 Å². The van der Waals surface area contributed by atoms with E-state index in [0.717, 1.165) is 70.9 Å². The van der Waals surface area contributed by atoms with Crippen LogP contribution in [0.5, 0.6) is 0 Å². The molecule has 170 valence electrons. The van der Waals surface area contributed by atoms with Gasteiger partial charge in [0.15, 0.2) is 11.6 Å². The van der Waals surface area contributed by atoms with Gasteiger partial charge < -0.3 is 19.5 Å². The van der Waals surface area contributed by atoms with Gasteiger partial charge in [0.25, 0.3) is 0 Å². The van der Waals surface area contributed by atoms with Crippen LogP contribution >= 0.6 is 0 Å². The van der Waals surface area contributed by atoms with Crippen LogP contribution in [-0.4, -0.2) is 68.4 Å². The third kappa shape index (κ3) is 5.33. The zero-order valence-corrected chi connectivity index (χ0v) is 17.9. The third-order valence-electron chi connectivity index (χ3n) is 6.49. The van der Waals surface area contributed by atoms with E-state index >= 15 is 0 Å². The summed E-state index contributed by atoms with van der Waals surface area (Å²) in [5.74, 6) is -0.170. The molecule has 1 aromatic heterocycles. The van der Waals surface area contributed by atoms with E-state index < -0.39 is 11.6 Å². The molecule has 1 aliphatic carbocycles. The van der Waals surface area contributed by atoms with E-state index in [9.17, 15) is 13.6 Å². The predicted molar refractivity (Wildman–Crippen MR) is 113 cm³/mol. The Labute approximate surface area is 180 Å². The maximum Gasteiger partial charge on any atom is 0.246 e. The molecule has 0 unspecified atom stereocenters. The summed E-state index contributed by atoms with van der Waals surface area (Å²) in [6.45, 7) is 4.43. The van der Waals surface area contributed by atoms with Crippen LogP contribution in [0.2, 0.25) is 0 Å². The number of hydrogen-bond acceptors (Lipinski definition) is 6. The SMILES string of the molecule is COCC(=O)NC1CCC(CCN2CCN(c3noc4c(F)cc(F)cc34)CC2)CC1. The number of halogens is 2. The zero-order valence-electron chi connectivity index (χ0n) is 17.9. The molecule has 0 radical (unpaired) electrons. The first kappa shape index (κ1) is 22.0. The van der Waals surface area contributed by atoms with Crippen molar-refractivity contribution >= 4 is 22.7 Å². The number of anilines is 1. The summed E-state index contributed by atoms with van der Waals surface area (Å²) in [4.78, 5) is 16.1. The van der Waals surface area contributed by atoms with E-state index in [1.54, 1.807) is 0 Å². The van der Waals surface area contributed by atoms with E-state index in [2.05, 4.69) is 15.4 Å². The molecule has 1 amide bonds. The molecular weight excluding hydrogens is 406 g/mol. The topological polar surface area (TPSA) is 70.8 Å². The lowest BCUT2D eigenvalue weighted by molar-refractivity contribution is -0.125. The Bertz CT molecular complexity index is 890. The number of hydrogen-bond donors (Lipinski definition) is 1. The summed E-state index contributed by atoms with van der Waals surface area (Å²) < 4.78 is 37.5. The summed E-state index contributed by atoms with van der Waals surface area (Å²) in [5, 5.41) is 7.42. The van der Waals surface area contributed by atoms with Crippen molar-refractivity contribution in [2.45, 2.75) is 38.1 Å². The molecule has 1 saturated carbocycles. The second kappa shape index (κ2) is 9.91. The van der Waals surface area contributed by atoms with Crippen molar-refractivity contribution in [1.82, 2.24) is 15.4 Å². The molecular formula is C22H30F2N4O3. The lowest BCUT2D eigenvalue weighted by Crippen LogP contribution is -2.47. The van der Waals surface area contributed by atoms with Gasteiger partial charge in [-0.05, 0) is 50.6 Å². The van der Waals surface area contributed by atoms with Crippen molar-refractivity contribution < 1.29 is 22.8 Å². The molecule has 4 rings (SSSR count). The first-order valence-corrected chi connectivity index (χ1v) is 11.0. The van der Waals surface area contributed by atoms with Crippen LogP contribution in [-0.2, 0) is 9.53 Å². The zero-order chi connectivity index (χ0) is 21.8. The average molecular weight is 437 g/mol. The molecule has 2 aromatic rings. The summed E-state index contributed by atoms with van der Waals surface area (Å²) in [6, 6.07) is 2.37. The monoisotopic (exact) mass is 436 g/mol. The number of ether oxygens (including phenoxy) is 1. The Morgan fingerprint density at radius 3 is 2.65 bits per heavy atom. The van der Waals surface area contributed by atoms with Crippen LogP contribution in [0.15, 0.2) is 16.7 Å². The number of benzene rings is 1. The molecule has 9 heteroatoms. The van der Waals surface area contributed by atoms with E-state index in [1.165, 1.54) is 13.2 Å². The molecule has 1 aliphatic heterocycles. The van der Waals surface area contributed by atoms with Crippen LogP contribution in [0.4, 0.5) is 14.6 Å². The Kier molecular flexibility index (Phi) is 7.02. The van der Waals surface area contributed by atoms with Crippen molar-refractivity contribution in [2.24, 2.45) is 5.92 Å². The minimum Gasteiger partial charge on any atom is -0.375 e. The third-order valence-corrected chi connectivity index (χ3v) is 6.49. The molecule has 7 nitrogen and oxygen atoms in total. The number of rotatable bonds is 7. The second-order valence-corrected chi connectivity index (χ2v) is 8.61. The minimum atomic E-state index is -0.722. The van der Waals surface area contributed by atoms with Crippen LogP contribution in [0.25, 0.3) is 11.0 Å². The van der Waals surface area contributed by atoms with Crippen LogP contribution in [0.1, 0.15) is 32.1 Å². The largest absolute Gasteiger partial charge is 0.375 e. The number of methoxy groups -OCH3 is 1. The Hall–Kier alpha value is -2.26. The fourth-order valence-corrected chi connectivity index (χ4v) is 4.73. The summed E-state index contributed by atoms with van der Waals surface area (Å²) in [5.41, 5.74) is 0.00726. The number of fused-ring (bicyclic) bond motifs is 1. The van der Waals surface area contributed by atoms with Gasteiger partial charge in [-0.25, -0.2) is 8.78 Å². The number of carbonyl (C=O) groups excluding carboxylic acids is 1. The number of carbonyl (C=O) groups is 1. The van der Waals surface area contributed by atoms with Gasteiger partial charge in [0.1, 0.15) is 12.4 Å². The van der Waals surface area contributed by atoms with Gasteiger partial charge in [0, 0.05) is 45.4 Å². The number of amides is 1. The molecule has 1 saturated heterocycles. The summed E-state index contributed by atoms with van der Waals surface area (Å²) in [6.07, 6.45) is 5.49. The normalized spacial score (nSPS) is 22.7. The average Bonchev–Trinajstić information content (AvgIpc) is 3.18. The number of aromatic nitrogens is 1. The van der Waals surface area contributed by atoms with E-state index in [0.29, 0.717) is 17.1 Å². The predicted octanol–water partition coefficient (Wildman–Crippen LogP) is 2.94. The van der Waals surface area contributed by atoms with Crippen molar-refractivity contribution in [3.8, 4) is 0 Å². The van der Waals surface area contributed by atoms with Gasteiger partial charge in [-0.2, -0.15) is 0 Å². The maximum absolute atomic E-state index is 13.9. The Morgan fingerprint density at radius 1 is 1.19 bits per heavy atom. The maximum atomic E-state index is 13.9. The van der Waals surface area contributed by atoms with Gasteiger partial charge in [-0.1, -0.05) is 5.16 Å². The van der Waals surface area contributed by atoms with Gasteiger partial charge in [0.05, 0.1) is 5.39 Å².